The molecule has 1 amide bonds. The molecule has 6 nitrogen and oxygen atoms in total. The molecule has 0 atom stereocenters. The van der Waals surface area contributed by atoms with Crippen molar-refractivity contribution >= 4 is 22.6 Å². The number of hydrogen-bond acceptors (Lipinski definition) is 6. The summed E-state index contributed by atoms with van der Waals surface area (Å²) < 4.78 is 18.3. The second-order valence-electron chi connectivity index (χ2n) is 8.14. The summed E-state index contributed by atoms with van der Waals surface area (Å²) in [5, 5.41) is 16.6. The summed E-state index contributed by atoms with van der Waals surface area (Å²) in [7, 11) is 0. The molecular formula is C20H27FN4O2S. The number of hydrogen-bond donors (Lipinski definition) is 2. The van der Waals surface area contributed by atoms with E-state index in [0.717, 1.165) is 41.4 Å². The number of carbonyl (C=O) groups is 1. The topological polar surface area (TPSA) is 76.1 Å². The van der Waals surface area contributed by atoms with Crippen LogP contribution < -0.4 is 10.6 Å². The Morgan fingerprint density at radius 2 is 1.79 bits per heavy atom. The lowest BCUT2D eigenvalue weighted by atomic mass is 9.91. The Balaban J connectivity index is 1.43. The molecule has 2 aromatic rings. The van der Waals surface area contributed by atoms with Crippen molar-refractivity contribution in [3.63, 3.8) is 0 Å². The number of alkyl carbamates (subject to hydrolysis) is 1. The van der Waals surface area contributed by atoms with Crippen LogP contribution in [0.3, 0.4) is 0 Å². The molecule has 3 rings (SSSR count). The van der Waals surface area contributed by atoms with Crippen LogP contribution in [0.25, 0.3) is 0 Å². The van der Waals surface area contributed by atoms with Crippen molar-refractivity contribution in [2.75, 3.05) is 5.32 Å². The first-order valence-corrected chi connectivity index (χ1v) is 10.4. The molecule has 1 heterocycles. The first kappa shape index (κ1) is 20.5. The standard InChI is InChI=1S/C20H27FN4O2S/c1-20(2,3)27-19(26)23-16-10-8-15(9-11-16)22-18-25-24-17(28-18)12-13-4-6-14(21)7-5-13/h4-7,15-16H,8-12H2,1-3H3,(H,22,25)(H,23,26). The Morgan fingerprint density at radius 1 is 1.14 bits per heavy atom. The molecule has 1 fully saturated rings. The van der Waals surface area contributed by atoms with Crippen molar-refractivity contribution in [1.29, 1.82) is 0 Å². The van der Waals surface area contributed by atoms with Crippen LogP contribution in [0.1, 0.15) is 57.0 Å². The van der Waals surface area contributed by atoms with Crippen molar-refractivity contribution in [2.24, 2.45) is 0 Å². The fourth-order valence-electron chi connectivity index (χ4n) is 3.19. The van der Waals surface area contributed by atoms with Gasteiger partial charge in [0.25, 0.3) is 0 Å². The minimum Gasteiger partial charge on any atom is -0.444 e. The zero-order valence-electron chi connectivity index (χ0n) is 16.5. The Hall–Kier alpha value is -2.22. The van der Waals surface area contributed by atoms with E-state index in [2.05, 4.69) is 20.8 Å². The van der Waals surface area contributed by atoms with E-state index in [4.69, 9.17) is 4.74 Å². The molecule has 8 heteroatoms. The zero-order valence-corrected chi connectivity index (χ0v) is 17.3. The number of ether oxygens (including phenoxy) is 1. The van der Waals surface area contributed by atoms with E-state index in [9.17, 15) is 9.18 Å². The van der Waals surface area contributed by atoms with Crippen molar-refractivity contribution in [3.8, 4) is 0 Å². The van der Waals surface area contributed by atoms with Crippen molar-refractivity contribution in [2.45, 2.75) is 70.6 Å². The first-order valence-electron chi connectivity index (χ1n) is 9.60. The highest BCUT2D eigenvalue weighted by molar-refractivity contribution is 7.15. The largest absolute Gasteiger partial charge is 0.444 e. The predicted molar refractivity (Wildman–Crippen MR) is 108 cm³/mol. The Kier molecular flexibility index (Phi) is 6.49. The van der Waals surface area contributed by atoms with Gasteiger partial charge in [-0.25, -0.2) is 9.18 Å². The van der Waals surface area contributed by atoms with Crippen LogP contribution in [0.5, 0.6) is 0 Å². The second-order valence-corrected chi connectivity index (χ2v) is 9.21. The van der Waals surface area contributed by atoms with E-state index in [1.54, 1.807) is 12.1 Å². The monoisotopic (exact) mass is 406 g/mol. The highest BCUT2D eigenvalue weighted by atomic mass is 32.1. The molecule has 1 saturated carbocycles. The average Bonchev–Trinajstić information content (AvgIpc) is 3.04. The minimum atomic E-state index is -0.480. The van der Waals surface area contributed by atoms with Gasteiger partial charge in [-0.15, -0.1) is 10.2 Å². The number of halogens is 1. The number of anilines is 1. The summed E-state index contributed by atoms with van der Waals surface area (Å²) in [4.78, 5) is 11.9. The molecule has 0 bridgehead atoms. The van der Waals surface area contributed by atoms with Crippen LogP contribution in [-0.4, -0.2) is 34.0 Å². The molecule has 0 aliphatic heterocycles. The van der Waals surface area contributed by atoms with E-state index >= 15 is 0 Å². The van der Waals surface area contributed by atoms with Gasteiger partial charge in [0.2, 0.25) is 5.13 Å². The van der Waals surface area contributed by atoms with Gasteiger partial charge in [0.1, 0.15) is 16.4 Å². The summed E-state index contributed by atoms with van der Waals surface area (Å²) in [6.07, 6.45) is 4.00. The number of nitrogens with zero attached hydrogens (tertiary/aromatic N) is 2. The minimum absolute atomic E-state index is 0.149. The molecular weight excluding hydrogens is 379 g/mol. The molecule has 1 aromatic carbocycles. The summed E-state index contributed by atoms with van der Waals surface area (Å²) in [6.45, 7) is 5.58. The molecule has 2 N–H and O–H groups in total. The Labute approximate surface area is 168 Å². The third kappa shape index (κ3) is 6.44. The lowest BCUT2D eigenvalue weighted by Gasteiger charge is -2.30. The average molecular weight is 407 g/mol. The van der Waals surface area contributed by atoms with Gasteiger partial charge < -0.3 is 15.4 Å². The number of carbonyl (C=O) groups excluding carboxylic acids is 1. The van der Waals surface area contributed by atoms with Gasteiger partial charge >= 0.3 is 6.09 Å². The zero-order chi connectivity index (χ0) is 20.1. The first-order chi connectivity index (χ1) is 13.3. The van der Waals surface area contributed by atoms with Crippen molar-refractivity contribution in [1.82, 2.24) is 15.5 Å². The van der Waals surface area contributed by atoms with E-state index in [-0.39, 0.29) is 18.0 Å². The highest BCUT2D eigenvalue weighted by Crippen LogP contribution is 2.25. The lowest BCUT2D eigenvalue weighted by molar-refractivity contribution is 0.0492. The van der Waals surface area contributed by atoms with E-state index < -0.39 is 5.60 Å². The fraction of sp³-hybridized carbons (Fsp3) is 0.550. The number of rotatable bonds is 5. The molecule has 28 heavy (non-hydrogen) atoms. The number of aromatic nitrogens is 2. The van der Waals surface area contributed by atoms with Crippen LogP contribution in [0, 0.1) is 5.82 Å². The second kappa shape index (κ2) is 8.86. The number of benzene rings is 1. The van der Waals surface area contributed by atoms with Gasteiger partial charge in [0.05, 0.1) is 0 Å². The van der Waals surface area contributed by atoms with Gasteiger partial charge in [-0.2, -0.15) is 0 Å². The molecule has 152 valence electrons. The summed E-state index contributed by atoms with van der Waals surface area (Å²) >= 11 is 1.53. The lowest BCUT2D eigenvalue weighted by Crippen LogP contribution is -2.42. The summed E-state index contributed by atoms with van der Waals surface area (Å²) in [6, 6.07) is 6.92. The fourth-order valence-corrected chi connectivity index (χ4v) is 4.04. The Bertz CT molecular complexity index is 780. The van der Waals surface area contributed by atoms with Crippen LogP contribution in [-0.2, 0) is 11.2 Å². The maximum absolute atomic E-state index is 13.0. The molecule has 1 aliphatic rings. The van der Waals surface area contributed by atoms with Gasteiger partial charge in [-0.1, -0.05) is 23.5 Å². The third-order valence-electron chi connectivity index (χ3n) is 4.51. The van der Waals surface area contributed by atoms with Gasteiger partial charge in [0.15, 0.2) is 0 Å². The van der Waals surface area contributed by atoms with E-state index in [1.807, 2.05) is 20.8 Å². The Morgan fingerprint density at radius 3 is 2.43 bits per heavy atom. The summed E-state index contributed by atoms with van der Waals surface area (Å²) in [5.41, 5.74) is 0.532. The van der Waals surface area contributed by atoms with Crippen molar-refractivity contribution in [3.05, 3.63) is 40.7 Å². The van der Waals surface area contributed by atoms with Gasteiger partial charge in [-0.05, 0) is 64.2 Å². The smallest absolute Gasteiger partial charge is 0.407 e. The van der Waals surface area contributed by atoms with Crippen LogP contribution in [0.15, 0.2) is 24.3 Å². The predicted octanol–water partition coefficient (Wildman–Crippen LogP) is 4.52. The van der Waals surface area contributed by atoms with Gasteiger partial charge in [-0.3, -0.25) is 0 Å². The van der Waals surface area contributed by atoms with Crippen LogP contribution in [0.2, 0.25) is 0 Å². The normalized spacial score (nSPS) is 19.9. The van der Waals surface area contributed by atoms with E-state index in [1.165, 1.54) is 23.5 Å². The quantitative estimate of drug-likeness (QED) is 0.764. The van der Waals surface area contributed by atoms with Crippen molar-refractivity contribution < 1.29 is 13.9 Å². The van der Waals surface area contributed by atoms with Crippen LogP contribution in [0.4, 0.5) is 14.3 Å². The maximum Gasteiger partial charge on any atom is 0.407 e. The number of nitrogens with one attached hydrogen (secondary N) is 2. The number of amides is 1. The highest BCUT2D eigenvalue weighted by Gasteiger charge is 2.25. The molecule has 1 aliphatic carbocycles. The SMILES string of the molecule is CC(C)(C)OC(=O)NC1CCC(Nc2nnc(Cc3ccc(F)cc3)s2)CC1. The molecule has 0 radical (unpaired) electrons. The molecule has 1 aromatic heterocycles. The van der Waals surface area contributed by atoms with Crippen LogP contribution >= 0.6 is 11.3 Å². The molecule has 0 unspecified atom stereocenters. The van der Waals surface area contributed by atoms with E-state index in [0.29, 0.717) is 12.5 Å². The molecule has 0 spiro atoms. The molecule has 0 saturated heterocycles. The van der Waals surface area contributed by atoms with Gasteiger partial charge in [0, 0.05) is 18.5 Å². The maximum atomic E-state index is 13.0. The summed E-state index contributed by atoms with van der Waals surface area (Å²) in [5.74, 6) is -0.236. The third-order valence-corrected chi connectivity index (χ3v) is 5.37.